The van der Waals surface area contributed by atoms with Crippen LogP contribution in [-0.2, 0) is 4.79 Å². The van der Waals surface area contributed by atoms with E-state index in [2.05, 4.69) is 47.3 Å². The number of ketones is 1. The Bertz CT molecular complexity index is 563. The first-order chi connectivity index (χ1) is 10.7. The van der Waals surface area contributed by atoms with E-state index >= 15 is 0 Å². The Morgan fingerprint density at radius 1 is 1.30 bits per heavy atom. The lowest BCUT2D eigenvalue weighted by molar-refractivity contribution is -0.135. The summed E-state index contributed by atoms with van der Waals surface area (Å²) in [5.74, 6) is 1.38. The van der Waals surface area contributed by atoms with Gasteiger partial charge in [0.05, 0.1) is 0 Å². The van der Waals surface area contributed by atoms with Gasteiger partial charge in [0.1, 0.15) is 5.78 Å². The summed E-state index contributed by atoms with van der Waals surface area (Å²) < 4.78 is 0. The predicted molar refractivity (Wildman–Crippen MR) is 99.3 cm³/mol. The van der Waals surface area contributed by atoms with Crippen LogP contribution in [0, 0.1) is 22.7 Å². The van der Waals surface area contributed by atoms with Gasteiger partial charge in [-0.1, -0.05) is 58.4 Å². The summed E-state index contributed by atoms with van der Waals surface area (Å²) in [6, 6.07) is 0. The molecule has 0 spiro atoms. The van der Waals surface area contributed by atoms with Crippen molar-refractivity contribution >= 4 is 5.78 Å². The molecule has 3 atom stereocenters. The van der Waals surface area contributed by atoms with E-state index in [1.165, 1.54) is 23.1 Å². The fraction of sp³-hybridized carbons (Fsp3) is 0.682. The average Bonchev–Trinajstić information content (AvgIpc) is 2.47. The third-order valence-corrected chi connectivity index (χ3v) is 7.02. The largest absolute Gasteiger partial charge is 0.299 e. The first kappa shape index (κ1) is 18.2. The quantitative estimate of drug-likeness (QED) is 0.559. The minimum atomic E-state index is -0.136. The molecule has 0 aliphatic heterocycles. The van der Waals surface area contributed by atoms with Crippen LogP contribution in [0.4, 0.5) is 0 Å². The van der Waals surface area contributed by atoms with E-state index in [1.54, 1.807) is 6.92 Å². The lowest BCUT2D eigenvalue weighted by atomic mass is 9.49. The van der Waals surface area contributed by atoms with E-state index in [1.807, 2.05) is 6.08 Å². The Labute approximate surface area is 142 Å². The van der Waals surface area contributed by atoms with Crippen LogP contribution in [0.3, 0.4) is 0 Å². The number of rotatable bonds is 4. The van der Waals surface area contributed by atoms with E-state index in [0.717, 1.165) is 25.7 Å². The van der Waals surface area contributed by atoms with Crippen molar-refractivity contribution in [3.05, 3.63) is 35.5 Å². The molecule has 1 nitrogen and oxygen atoms in total. The molecule has 0 aromatic heterocycles. The van der Waals surface area contributed by atoms with Crippen molar-refractivity contribution in [1.29, 1.82) is 0 Å². The van der Waals surface area contributed by atoms with Crippen molar-refractivity contribution in [2.75, 3.05) is 0 Å². The maximum atomic E-state index is 12.4. The zero-order chi connectivity index (χ0) is 17.4. The molecule has 0 N–H and O–H groups in total. The third-order valence-electron chi connectivity index (χ3n) is 7.02. The van der Waals surface area contributed by atoms with Gasteiger partial charge in [0.25, 0.3) is 0 Å². The molecule has 23 heavy (non-hydrogen) atoms. The molecule has 128 valence electrons. The molecule has 0 amide bonds. The number of hydrogen-bond acceptors (Lipinski definition) is 1. The second-order valence-corrected chi connectivity index (χ2v) is 8.49. The molecular formula is C22H34O. The van der Waals surface area contributed by atoms with Crippen LogP contribution in [0.25, 0.3) is 0 Å². The van der Waals surface area contributed by atoms with E-state index < -0.39 is 0 Å². The second-order valence-electron chi connectivity index (χ2n) is 8.49. The van der Waals surface area contributed by atoms with Crippen LogP contribution in [-0.4, -0.2) is 5.78 Å². The van der Waals surface area contributed by atoms with Crippen molar-refractivity contribution in [3.63, 3.8) is 0 Å². The molecule has 0 saturated heterocycles. The minimum Gasteiger partial charge on any atom is -0.299 e. The Hall–Kier alpha value is -1.11. The highest BCUT2D eigenvalue weighted by molar-refractivity contribution is 5.82. The molecular weight excluding hydrogens is 280 g/mol. The van der Waals surface area contributed by atoms with Gasteiger partial charge >= 0.3 is 0 Å². The number of carbonyl (C=O) groups excluding carboxylic acids is 1. The van der Waals surface area contributed by atoms with Crippen molar-refractivity contribution in [3.8, 4) is 0 Å². The van der Waals surface area contributed by atoms with Crippen LogP contribution < -0.4 is 0 Å². The predicted octanol–water partition coefficient (Wildman–Crippen LogP) is 6.27. The monoisotopic (exact) mass is 314 g/mol. The number of carbonyl (C=O) groups is 1. The van der Waals surface area contributed by atoms with Gasteiger partial charge in [-0.2, -0.15) is 0 Å². The molecule has 2 rings (SSSR count). The molecule has 0 radical (unpaired) electrons. The second kappa shape index (κ2) is 6.42. The normalized spacial score (nSPS) is 35.3. The number of Topliss-reactive ketones (excluding diaryl/α,β-unsaturated/α-hetero) is 1. The maximum absolute atomic E-state index is 12.4. The molecule has 1 saturated carbocycles. The van der Waals surface area contributed by atoms with Crippen molar-refractivity contribution < 1.29 is 4.79 Å². The summed E-state index contributed by atoms with van der Waals surface area (Å²) in [4.78, 5) is 12.4. The minimum absolute atomic E-state index is 0.136. The molecule has 1 heteroatoms. The molecule has 3 unspecified atom stereocenters. The SMILES string of the molecule is C=C/C(=C\C1=C(C)C2(C)CCCC(C)(C(C)=O)C2CC1)C(C)C. The summed E-state index contributed by atoms with van der Waals surface area (Å²) in [6.07, 6.45) is 10.0. The topological polar surface area (TPSA) is 17.1 Å². The van der Waals surface area contributed by atoms with Gasteiger partial charge < -0.3 is 0 Å². The highest BCUT2D eigenvalue weighted by Gasteiger charge is 2.53. The Kier molecular flexibility index (Phi) is 5.09. The fourth-order valence-corrected chi connectivity index (χ4v) is 5.08. The van der Waals surface area contributed by atoms with Gasteiger partial charge in [0.2, 0.25) is 0 Å². The Balaban J connectivity index is 2.48. The molecule has 1 fully saturated rings. The van der Waals surface area contributed by atoms with Crippen LogP contribution in [0.1, 0.15) is 73.6 Å². The van der Waals surface area contributed by atoms with Gasteiger partial charge in [-0.3, -0.25) is 4.79 Å². The molecule has 0 heterocycles. The van der Waals surface area contributed by atoms with Gasteiger partial charge in [0.15, 0.2) is 0 Å². The highest BCUT2D eigenvalue weighted by Crippen LogP contribution is 2.60. The van der Waals surface area contributed by atoms with Crippen LogP contribution in [0.2, 0.25) is 0 Å². The number of allylic oxidation sites excluding steroid dienone is 5. The van der Waals surface area contributed by atoms with Gasteiger partial charge in [-0.15, -0.1) is 0 Å². The zero-order valence-corrected chi connectivity index (χ0v) is 16.0. The van der Waals surface area contributed by atoms with Crippen molar-refractivity contribution in [2.45, 2.75) is 73.6 Å². The smallest absolute Gasteiger partial charge is 0.135 e. The number of hydrogen-bond donors (Lipinski definition) is 0. The van der Waals surface area contributed by atoms with Gasteiger partial charge in [0, 0.05) is 5.41 Å². The summed E-state index contributed by atoms with van der Waals surface area (Å²) in [6.45, 7) is 17.2. The number of fused-ring (bicyclic) bond motifs is 1. The van der Waals surface area contributed by atoms with Crippen LogP contribution >= 0.6 is 0 Å². The molecule has 0 aromatic carbocycles. The van der Waals surface area contributed by atoms with Crippen LogP contribution in [0.5, 0.6) is 0 Å². The summed E-state index contributed by atoms with van der Waals surface area (Å²) >= 11 is 0. The maximum Gasteiger partial charge on any atom is 0.135 e. The van der Waals surface area contributed by atoms with E-state index in [4.69, 9.17) is 0 Å². The summed E-state index contributed by atoms with van der Waals surface area (Å²) in [5.41, 5.74) is 4.36. The van der Waals surface area contributed by atoms with Crippen molar-refractivity contribution in [1.82, 2.24) is 0 Å². The van der Waals surface area contributed by atoms with E-state index in [-0.39, 0.29) is 10.8 Å². The molecule has 0 aromatic rings. The first-order valence-electron chi connectivity index (χ1n) is 9.22. The van der Waals surface area contributed by atoms with Gasteiger partial charge in [-0.25, -0.2) is 0 Å². The highest BCUT2D eigenvalue weighted by atomic mass is 16.1. The van der Waals surface area contributed by atoms with E-state index in [0.29, 0.717) is 17.6 Å². The molecule has 2 aliphatic carbocycles. The summed E-state index contributed by atoms with van der Waals surface area (Å²) in [5, 5.41) is 0. The third kappa shape index (κ3) is 2.99. The Morgan fingerprint density at radius 2 is 1.96 bits per heavy atom. The zero-order valence-electron chi connectivity index (χ0n) is 16.0. The molecule has 0 bridgehead atoms. The Morgan fingerprint density at radius 3 is 2.48 bits per heavy atom. The standard InChI is InChI=1S/C22H34O/c1-8-18(15(2)3)14-19-10-11-20-21(6,16(19)4)12-9-13-22(20,7)17(5)23/h8,14-15,20H,1,9-13H2,2-7H3/b18-14+. The lowest BCUT2D eigenvalue weighted by Gasteiger charge is -2.54. The first-order valence-corrected chi connectivity index (χ1v) is 9.22. The average molecular weight is 315 g/mol. The van der Waals surface area contributed by atoms with Gasteiger partial charge in [-0.05, 0) is 67.9 Å². The lowest BCUT2D eigenvalue weighted by Crippen LogP contribution is -2.49. The molecule has 2 aliphatic rings. The van der Waals surface area contributed by atoms with Crippen molar-refractivity contribution in [2.24, 2.45) is 22.7 Å². The van der Waals surface area contributed by atoms with Crippen LogP contribution in [0.15, 0.2) is 35.5 Å². The fourth-order valence-electron chi connectivity index (χ4n) is 5.08. The van der Waals surface area contributed by atoms with E-state index in [9.17, 15) is 4.79 Å². The summed E-state index contributed by atoms with van der Waals surface area (Å²) in [7, 11) is 0.